The molecule has 0 aliphatic carbocycles. The number of carbonyl (C=O) groups excluding carboxylic acids is 3. The summed E-state index contributed by atoms with van der Waals surface area (Å²) in [6.07, 6.45) is 0.302. The maximum Gasteiger partial charge on any atom is 0.251 e. The van der Waals surface area contributed by atoms with E-state index in [0.717, 1.165) is 11.1 Å². The Kier molecular flexibility index (Phi) is 7.54. The Morgan fingerprint density at radius 3 is 1.58 bits per heavy atom. The summed E-state index contributed by atoms with van der Waals surface area (Å²) in [4.78, 5) is 37.3. The van der Waals surface area contributed by atoms with Gasteiger partial charge in [-0.1, -0.05) is 78.9 Å². The summed E-state index contributed by atoms with van der Waals surface area (Å²) in [5, 5.41) is 16.9. The molecule has 31 heavy (non-hydrogen) atoms. The molecule has 3 rings (SSSR count). The first kappa shape index (κ1) is 21.8. The summed E-state index contributed by atoms with van der Waals surface area (Å²) >= 11 is 0. The molecular formula is C25H23N2O4-. The van der Waals surface area contributed by atoms with Crippen LogP contribution in [0, 0.1) is 0 Å². The van der Waals surface area contributed by atoms with Gasteiger partial charge in [0.25, 0.3) is 5.91 Å². The first-order valence-corrected chi connectivity index (χ1v) is 9.98. The number of benzene rings is 3. The fourth-order valence-electron chi connectivity index (χ4n) is 3.21. The third-order valence-corrected chi connectivity index (χ3v) is 4.82. The van der Waals surface area contributed by atoms with E-state index in [4.69, 9.17) is 0 Å². The third kappa shape index (κ3) is 6.54. The molecule has 0 saturated carbocycles. The Bertz CT molecular complexity index is 1010. The van der Waals surface area contributed by atoms with Crippen LogP contribution in [0.4, 0.5) is 0 Å². The van der Waals surface area contributed by atoms with Crippen LogP contribution in [0.25, 0.3) is 0 Å². The van der Waals surface area contributed by atoms with E-state index in [1.165, 1.54) is 0 Å². The second-order valence-electron chi connectivity index (χ2n) is 7.15. The highest BCUT2D eigenvalue weighted by Crippen LogP contribution is 2.08. The zero-order valence-corrected chi connectivity index (χ0v) is 16.9. The zero-order valence-electron chi connectivity index (χ0n) is 16.9. The Hall–Kier alpha value is -3.93. The lowest BCUT2D eigenvalue weighted by molar-refractivity contribution is -0.308. The van der Waals surface area contributed by atoms with E-state index in [0.29, 0.717) is 5.56 Å². The Balaban J connectivity index is 1.76. The molecule has 158 valence electrons. The monoisotopic (exact) mass is 415 g/mol. The standard InChI is InChI=1S/C25H24N2O4/c28-23(20-14-8-3-9-15-20)26-21(16-18-10-4-1-5-11-18)24(29)27-22(25(30)31)17-19-12-6-2-7-13-19/h1-15,21-22H,16-17H2,(H,26,28)(H,27,29)(H,30,31)/p-1/t21-,22+/m0/s1. The molecule has 3 aromatic rings. The minimum atomic E-state index is -1.38. The van der Waals surface area contributed by atoms with E-state index in [1.54, 1.807) is 54.6 Å². The van der Waals surface area contributed by atoms with Crippen LogP contribution in [0.15, 0.2) is 91.0 Å². The average molecular weight is 415 g/mol. The Morgan fingerprint density at radius 1 is 0.645 bits per heavy atom. The molecule has 0 bridgehead atoms. The fraction of sp³-hybridized carbons (Fsp3) is 0.160. The molecule has 2 atom stereocenters. The molecule has 0 saturated heterocycles. The van der Waals surface area contributed by atoms with Crippen molar-refractivity contribution in [1.29, 1.82) is 0 Å². The molecule has 6 nitrogen and oxygen atoms in total. The molecule has 0 heterocycles. The first-order valence-electron chi connectivity index (χ1n) is 9.98. The van der Waals surface area contributed by atoms with Crippen molar-refractivity contribution in [2.75, 3.05) is 0 Å². The van der Waals surface area contributed by atoms with Crippen molar-refractivity contribution >= 4 is 17.8 Å². The highest BCUT2D eigenvalue weighted by molar-refractivity contribution is 5.98. The zero-order chi connectivity index (χ0) is 22.1. The van der Waals surface area contributed by atoms with E-state index in [2.05, 4.69) is 10.6 Å². The number of hydrogen-bond acceptors (Lipinski definition) is 4. The number of carbonyl (C=O) groups is 3. The third-order valence-electron chi connectivity index (χ3n) is 4.82. The molecule has 0 radical (unpaired) electrons. The minimum Gasteiger partial charge on any atom is -0.548 e. The topological polar surface area (TPSA) is 98.3 Å². The van der Waals surface area contributed by atoms with Gasteiger partial charge in [-0.3, -0.25) is 9.59 Å². The van der Waals surface area contributed by atoms with Gasteiger partial charge in [0, 0.05) is 12.0 Å². The van der Waals surface area contributed by atoms with Crippen molar-refractivity contribution < 1.29 is 19.5 Å². The lowest BCUT2D eigenvalue weighted by Crippen LogP contribution is -2.55. The molecule has 0 aromatic heterocycles. The van der Waals surface area contributed by atoms with Crippen molar-refractivity contribution in [2.24, 2.45) is 0 Å². The molecule has 6 heteroatoms. The van der Waals surface area contributed by atoms with Crippen molar-refractivity contribution in [1.82, 2.24) is 10.6 Å². The van der Waals surface area contributed by atoms with Gasteiger partial charge in [-0.2, -0.15) is 0 Å². The lowest BCUT2D eigenvalue weighted by atomic mass is 10.0. The van der Waals surface area contributed by atoms with Crippen LogP contribution in [0.3, 0.4) is 0 Å². The fourth-order valence-corrected chi connectivity index (χ4v) is 3.21. The second kappa shape index (κ2) is 10.7. The quantitative estimate of drug-likeness (QED) is 0.553. The summed E-state index contributed by atoms with van der Waals surface area (Å²) in [5.74, 6) is -2.38. The highest BCUT2D eigenvalue weighted by atomic mass is 16.4. The van der Waals surface area contributed by atoms with Crippen LogP contribution in [0.1, 0.15) is 21.5 Å². The molecule has 2 amide bonds. The van der Waals surface area contributed by atoms with E-state index >= 15 is 0 Å². The maximum atomic E-state index is 13.0. The van der Waals surface area contributed by atoms with Gasteiger partial charge >= 0.3 is 0 Å². The predicted molar refractivity (Wildman–Crippen MR) is 115 cm³/mol. The lowest BCUT2D eigenvalue weighted by Gasteiger charge is -2.24. The molecule has 3 aromatic carbocycles. The molecule has 0 unspecified atom stereocenters. The van der Waals surface area contributed by atoms with Crippen LogP contribution < -0.4 is 15.7 Å². The molecule has 0 spiro atoms. The number of rotatable bonds is 9. The minimum absolute atomic E-state index is 0.0829. The van der Waals surface area contributed by atoms with Crippen molar-refractivity contribution in [3.05, 3.63) is 108 Å². The van der Waals surface area contributed by atoms with Crippen molar-refractivity contribution in [2.45, 2.75) is 24.9 Å². The molecule has 0 aliphatic heterocycles. The van der Waals surface area contributed by atoms with Crippen LogP contribution >= 0.6 is 0 Å². The smallest absolute Gasteiger partial charge is 0.251 e. The SMILES string of the molecule is O=C(N[C@@H](Cc1ccccc1)C(=O)N[C@H](Cc1ccccc1)C(=O)[O-])c1ccccc1. The van der Waals surface area contributed by atoms with Crippen LogP contribution in [0.2, 0.25) is 0 Å². The molecule has 0 fully saturated rings. The highest BCUT2D eigenvalue weighted by Gasteiger charge is 2.25. The van der Waals surface area contributed by atoms with Gasteiger partial charge < -0.3 is 20.5 Å². The summed E-state index contributed by atoms with van der Waals surface area (Å²) in [6, 6.07) is 24.5. The summed E-state index contributed by atoms with van der Waals surface area (Å²) in [5.41, 5.74) is 2.00. The predicted octanol–water partition coefficient (Wildman–Crippen LogP) is 1.51. The van der Waals surface area contributed by atoms with E-state index in [-0.39, 0.29) is 12.8 Å². The summed E-state index contributed by atoms with van der Waals surface area (Å²) in [7, 11) is 0. The van der Waals surface area contributed by atoms with Crippen LogP contribution in [-0.4, -0.2) is 29.9 Å². The maximum absolute atomic E-state index is 13.0. The van der Waals surface area contributed by atoms with Gasteiger partial charge in [0.1, 0.15) is 6.04 Å². The van der Waals surface area contributed by atoms with Crippen molar-refractivity contribution in [3.63, 3.8) is 0 Å². The van der Waals surface area contributed by atoms with Crippen LogP contribution in [-0.2, 0) is 22.4 Å². The van der Waals surface area contributed by atoms with Gasteiger partial charge in [0.05, 0.1) is 12.0 Å². The largest absolute Gasteiger partial charge is 0.548 e. The number of hydrogen-bond donors (Lipinski definition) is 2. The molecule has 2 N–H and O–H groups in total. The van der Waals surface area contributed by atoms with Gasteiger partial charge in [-0.05, 0) is 29.7 Å². The van der Waals surface area contributed by atoms with Gasteiger partial charge in [-0.15, -0.1) is 0 Å². The van der Waals surface area contributed by atoms with Gasteiger partial charge in [0.2, 0.25) is 5.91 Å². The summed E-state index contributed by atoms with van der Waals surface area (Å²) in [6.45, 7) is 0. The second-order valence-corrected chi connectivity index (χ2v) is 7.15. The Morgan fingerprint density at radius 2 is 1.10 bits per heavy atom. The van der Waals surface area contributed by atoms with Crippen molar-refractivity contribution in [3.8, 4) is 0 Å². The number of carboxylic acids is 1. The molecular weight excluding hydrogens is 392 g/mol. The van der Waals surface area contributed by atoms with E-state index in [1.807, 2.05) is 36.4 Å². The first-order chi connectivity index (χ1) is 15.0. The number of aliphatic carboxylic acids is 1. The number of amides is 2. The molecule has 0 aliphatic rings. The van der Waals surface area contributed by atoms with Gasteiger partial charge in [-0.25, -0.2) is 0 Å². The Labute approximate surface area is 180 Å². The van der Waals surface area contributed by atoms with E-state index in [9.17, 15) is 19.5 Å². The average Bonchev–Trinajstić information content (AvgIpc) is 2.80. The summed E-state index contributed by atoms with van der Waals surface area (Å²) < 4.78 is 0. The number of carboxylic acid groups (broad SMARTS) is 1. The van der Waals surface area contributed by atoms with Gasteiger partial charge in [0.15, 0.2) is 0 Å². The number of nitrogens with one attached hydrogen (secondary N) is 2. The normalized spacial score (nSPS) is 12.4. The van der Waals surface area contributed by atoms with Crippen LogP contribution in [0.5, 0.6) is 0 Å². The van der Waals surface area contributed by atoms with E-state index < -0.39 is 29.9 Å².